The molecule has 0 saturated heterocycles. The molecule has 0 fully saturated rings. The summed E-state index contributed by atoms with van der Waals surface area (Å²) in [4.78, 5) is 29.9. The lowest BCUT2D eigenvalue weighted by Gasteiger charge is -2.15. The molecular formula is C25H20FN3O3. The van der Waals surface area contributed by atoms with Gasteiger partial charge in [-0.1, -0.05) is 30.3 Å². The molecule has 160 valence electrons. The van der Waals surface area contributed by atoms with E-state index in [2.05, 4.69) is 10.3 Å². The van der Waals surface area contributed by atoms with Gasteiger partial charge in [0.25, 0.3) is 5.91 Å². The number of ketones is 1. The van der Waals surface area contributed by atoms with Gasteiger partial charge in [0.05, 0.1) is 23.5 Å². The number of fused-ring (bicyclic) bond motifs is 2. The van der Waals surface area contributed by atoms with Crippen molar-refractivity contribution in [1.29, 1.82) is 0 Å². The predicted octanol–water partition coefficient (Wildman–Crippen LogP) is 4.00. The molecule has 5 rings (SSSR count). The fraction of sp³-hybridized carbons (Fsp3) is 0.160. The van der Waals surface area contributed by atoms with Crippen LogP contribution in [0, 0.1) is 5.82 Å². The molecule has 2 heterocycles. The molecule has 32 heavy (non-hydrogen) atoms. The number of carbonyl (C=O) groups is 2. The van der Waals surface area contributed by atoms with Crippen molar-refractivity contribution in [2.45, 2.75) is 24.9 Å². The highest BCUT2D eigenvalue weighted by Crippen LogP contribution is 2.36. The number of aromatic nitrogens is 2. The van der Waals surface area contributed by atoms with Gasteiger partial charge in [0.15, 0.2) is 5.78 Å². The number of Topliss-reactive ketones (excluding diaryl/α,β-unsaturated/α-hetero) is 1. The minimum atomic E-state index is -0.865. The van der Waals surface area contributed by atoms with Crippen LogP contribution in [0.4, 0.5) is 10.1 Å². The summed E-state index contributed by atoms with van der Waals surface area (Å²) in [7, 11) is 0. The molecule has 0 aliphatic heterocycles. The molecule has 0 bridgehead atoms. The van der Waals surface area contributed by atoms with E-state index in [1.807, 2.05) is 24.3 Å². The van der Waals surface area contributed by atoms with Crippen LogP contribution in [0.25, 0.3) is 5.65 Å². The van der Waals surface area contributed by atoms with Crippen molar-refractivity contribution in [3.05, 3.63) is 101 Å². The predicted molar refractivity (Wildman–Crippen MR) is 117 cm³/mol. The van der Waals surface area contributed by atoms with E-state index in [-0.39, 0.29) is 40.7 Å². The largest absolute Gasteiger partial charge is 0.392 e. The summed E-state index contributed by atoms with van der Waals surface area (Å²) < 4.78 is 47.1. The second-order valence-electron chi connectivity index (χ2n) is 7.64. The maximum absolute atomic E-state index is 14.6. The highest BCUT2D eigenvalue weighted by Gasteiger charge is 2.32. The van der Waals surface area contributed by atoms with Crippen molar-refractivity contribution in [3.63, 3.8) is 0 Å². The first-order valence-corrected chi connectivity index (χ1v) is 10.0. The molecule has 0 saturated carbocycles. The van der Waals surface area contributed by atoms with Crippen LogP contribution >= 0.6 is 0 Å². The van der Waals surface area contributed by atoms with E-state index < -0.39 is 42.1 Å². The van der Waals surface area contributed by atoms with E-state index >= 15 is 0 Å². The van der Waals surface area contributed by atoms with E-state index in [0.717, 1.165) is 27.8 Å². The second-order valence-corrected chi connectivity index (χ2v) is 7.64. The zero-order valence-electron chi connectivity index (χ0n) is 20.7. The number of nitrogens with one attached hydrogen (secondary N) is 1. The van der Waals surface area contributed by atoms with Crippen molar-refractivity contribution in [3.8, 4) is 0 Å². The Labute approximate surface area is 189 Å². The van der Waals surface area contributed by atoms with Gasteiger partial charge < -0.3 is 10.4 Å². The minimum absolute atomic E-state index is 0.0146. The topological polar surface area (TPSA) is 83.7 Å². The molecule has 6 nitrogen and oxygen atoms in total. The van der Waals surface area contributed by atoms with Gasteiger partial charge in [-0.3, -0.25) is 14.0 Å². The molecule has 0 unspecified atom stereocenters. The third kappa shape index (κ3) is 3.56. The van der Waals surface area contributed by atoms with E-state index in [9.17, 15) is 19.1 Å². The number of anilines is 1. The normalized spacial score (nSPS) is 19.1. The summed E-state index contributed by atoms with van der Waals surface area (Å²) >= 11 is 0. The van der Waals surface area contributed by atoms with Crippen LogP contribution in [0.2, 0.25) is 0 Å². The second kappa shape index (κ2) is 8.01. The number of hydrogen-bond acceptors (Lipinski definition) is 4. The lowest BCUT2D eigenvalue weighted by Crippen LogP contribution is -2.18. The van der Waals surface area contributed by atoms with Crippen molar-refractivity contribution < 1.29 is 24.6 Å². The summed E-state index contributed by atoms with van der Waals surface area (Å²) in [5.74, 6) is -2.36. The molecule has 4 aromatic rings. The van der Waals surface area contributed by atoms with Gasteiger partial charge in [-0.15, -0.1) is 0 Å². The van der Waals surface area contributed by atoms with Gasteiger partial charge in [0.2, 0.25) is 0 Å². The van der Waals surface area contributed by atoms with Crippen molar-refractivity contribution in [2.24, 2.45) is 0 Å². The van der Waals surface area contributed by atoms with E-state index in [1.165, 1.54) is 12.1 Å². The first-order chi connectivity index (χ1) is 17.2. The zero-order chi connectivity index (χ0) is 25.7. The Morgan fingerprint density at radius 3 is 2.97 bits per heavy atom. The van der Waals surface area contributed by atoms with Gasteiger partial charge in [0, 0.05) is 24.1 Å². The van der Waals surface area contributed by atoms with Gasteiger partial charge in [0.1, 0.15) is 17.2 Å². The van der Waals surface area contributed by atoms with Gasteiger partial charge in [-0.25, -0.2) is 9.37 Å². The molecule has 2 aromatic heterocycles. The zero-order valence-corrected chi connectivity index (χ0v) is 16.7. The van der Waals surface area contributed by atoms with Gasteiger partial charge in [-0.2, -0.15) is 0 Å². The number of carbonyl (C=O) groups excluding carboxylic acids is 2. The molecule has 1 aliphatic rings. The number of aliphatic hydroxyl groups is 1. The number of halogens is 1. The smallest absolute Gasteiger partial charge is 0.274 e. The summed E-state index contributed by atoms with van der Waals surface area (Å²) in [6, 6.07) is 9.64. The van der Waals surface area contributed by atoms with Crippen LogP contribution in [0.1, 0.15) is 49.8 Å². The molecule has 2 atom stereocenters. The Morgan fingerprint density at radius 1 is 1.25 bits per heavy atom. The monoisotopic (exact) mass is 433 g/mol. The molecule has 0 radical (unpaired) electrons. The van der Waals surface area contributed by atoms with Crippen LogP contribution < -0.4 is 5.32 Å². The first-order valence-electron chi connectivity index (χ1n) is 12.0. The fourth-order valence-corrected chi connectivity index (χ4v) is 4.09. The molecule has 1 aliphatic carbocycles. The van der Waals surface area contributed by atoms with E-state index in [4.69, 9.17) is 5.48 Å². The number of amides is 1. The molecule has 0 spiro atoms. The molecular weight excluding hydrogens is 409 g/mol. The quantitative estimate of drug-likeness (QED) is 0.466. The number of imidazole rings is 1. The van der Waals surface area contributed by atoms with E-state index in [0.29, 0.717) is 6.42 Å². The number of benzene rings is 2. The Hall–Kier alpha value is -3.84. The maximum Gasteiger partial charge on any atom is 0.274 e. The molecule has 7 heteroatoms. The highest BCUT2D eigenvalue weighted by molar-refractivity contribution is 6.04. The van der Waals surface area contributed by atoms with Crippen molar-refractivity contribution in [2.75, 3.05) is 5.32 Å². The van der Waals surface area contributed by atoms with E-state index in [1.54, 1.807) is 0 Å². The Balaban J connectivity index is 1.41. The number of aliphatic hydroxyl groups excluding tert-OH is 1. The number of rotatable bonds is 5. The minimum Gasteiger partial charge on any atom is -0.392 e. The third-order valence-electron chi connectivity index (χ3n) is 5.69. The number of nitrogens with zero attached hydrogens (tertiary/aromatic N) is 2. The van der Waals surface area contributed by atoms with Gasteiger partial charge in [-0.05, 0) is 47.8 Å². The molecule has 1 amide bonds. The lowest BCUT2D eigenvalue weighted by atomic mass is 9.91. The van der Waals surface area contributed by atoms with Gasteiger partial charge >= 0.3 is 0 Å². The Morgan fingerprint density at radius 2 is 2.09 bits per heavy atom. The average molecular weight is 433 g/mol. The SMILES string of the molecule is [2H]c1c([2H])c([2H])n2c(C(=O)Nc3cc(C(=O)C[C@H]4c5ccccc5C[C@H]4O)ccc3F)cnc2c1[2H]. The van der Waals surface area contributed by atoms with Crippen LogP contribution in [-0.2, 0) is 6.42 Å². The average Bonchev–Trinajstić information content (AvgIpc) is 3.44. The molecule has 2 aromatic carbocycles. The number of hydrogen-bond donors (Lipinski definition) is 2. The van der Waals surface area contributed by atoms with Crippen LogP contribution in [0.5, 0.6) is 0 Å². The standard InChI is InChI=1S/C25H20FN3O3/c26-19-9-8-16(22(30)13-18-17-6-2-1-5-15(17)12-23(18)31)11-20(19)28-25(32)21-14-27-24-7-3-4-10-29(21)24/h1-11,14,18,23,31H,12-13H2,(H,28,32)/t18-,23+/m0/s1/i3D,4D,7D,10D. The Kier molecular flexibility index (Phi) is 3.98. The summed E-state index contributed by atoms with van der Waals surface area (Å²) in [5.41, 5.74) is 1.41. The third-order valence-corrected chi connectivity index (χ3v) is 5.69. The maximum atomic E-state index is 14.6. The van der Waals surface area contributed by atoms with Crippen LogP contribution in [0.15, 0.2) is 73.0 Å². The van der Waals surface area contributed by atoms with Crippen LogP contribution in [-0.4, -0.2) is 32.3 Å². The molecule has 2 N–H and O–H groups in total. The fourth-order valence-electron chi connectivity index (χ4n) is 4.09. The summed E-state index contributed by atoms with van der Waals surface area (Å²) in [6.07, 6.45) is 0.339. The first kappa shape index (κ1) is 15.9. The summed E-state index contributed by atoms with van der Waals surface area (Å²) in [6.45, 7) is 0. The summed E-state index contributed by atoms with van der Waals surface area (Å²) in [5, 5.41) is 12.8. The van der Waals surface area contributed by atoms with Crippen molar-refractivity contribution >= 4 is 23.0 Å². The number of pyridine rings is 1. The Bertz CT molecular complexity index is 1560. The highest BCUT2D eigenvalue weighted by atomic mass is 19.1. The lowest BCUT2D eigenvalue weighted by molar-refractivity contribution is 0.0920. The van der Waals surface area contributed by atoms with Crippen LogP contribution in [0.3, 0.4) is 0 Å². The van der Waals surface area contributed by atoms with Crippen molar-refractivity contribution in [1.82, 2.24) is 9.38 Å².